The number of nitrogens with zero attached hydrogens (tertiary/aromatic N) is 3. The molecule has 292 valence electrons. The van der Waals surface area contributed by atoms with Crippen molar-refractivity contribution in [2.24, 2.45) is 10.8 Å². The Balaban J connectivity index is 1.57. The number of hydrogen-bond donors (Lipinski definition) is 4. The summed E-state index contributed by atoms with van der Waals surface area (Å²) in [6, 6.07) is 24.0. The van der Waals surface area contributed by atoms with Crippen LogP contribution in [0.4, 0.5) is 9.59 Å². The number of aliphatic hydroxyl groups excluding tert-OH is 1. The molecule has 1 aromatic heterocycles. The summed E-state index contributed by atoms with van der Waals surface area (Å²) in [5.74, 6) is -0.826. The van der Waals surface area contributed by atoms with Crippen LogP contribution in [-0.4, -0.2) is 95.3 Å². The van der Waals surface area contributed by atoms with E-state index in [2.05, 4.69) is 25.7 Å². The van der Waals surface area contributed by atoms with Gasteiger partial charge in [-0.05, 0) is 53.9 Å². The molecule has 0 bridgehead atoms. The number of nitrogens with one attached hydrogen (secondary N) is 3. The summed E-state index contributed by atoms with van der Waals surface area (Å²) in [6.07, 6.45) is -0.747. The fraction of sp³-hybridized carbons (Fsp3) is 0.500. The predicted molar refractivity (Wildman–Crippen MR) is 208 cm³/mol. The van der Waals surface area contributed by atoms with Crippen molar-refractivity contribution < 1.29 is 29.0 Å². The molecule has 2 aromatic carbocycles. The Morgan fingerprint density at radius 2 is 1.57 bits per heavy atom. The van der Waals surface area contributed by atoms with Crippen LogP contribution in [0.1, 0.15) is 75.9 Å². The molecule has 1 saturated heterocycles. The van der Waals surface area contributed by atoms with E-state index in [0.717, 1.165) is 22.5 Å². The molecule has 4 atom stereocenters. The number of aryl methyl sites for hydroxylation is 1. The van der Waals surface area contributed by atoms with Gasteiger partial charge in [-0.15, -0.1) is 0 Å². The van der Waals surface area contributed by atoms with Gasteiger partial charge in [0, 0.05) is 50.3 Å². The smallest absolute Gasteiger partial charge is 0.406 e. The maximum absolute atomic E-state index is 14.6. The minimum Gasteiger partial charge on any atom is -0.453 e. The van der Waals surface area contributed by atoms with E-state index in [1.807, 2.05) is 120 Å². The average molecular weight is 743 g/mol. The second-order valence-electron chi connectivity index (χ2n) is 16.1. The first kappa shape index (κ1) is 41.8. The lowest BCUT2D eigenvalue weighted by molar-refractivity contribution is -0.130. The molecule has 5 amide bonds. The molecule has 0 radical (unpaired) electrons. The van der Waals surface area contributed by atoms with Gasteiger partial charge in [0.05, 0.1) is 25.5 Å². The van der Waals surface area contributed by atoms with E-state index >= 15 is 0 Å². The van der Waals surface area contributed by atoms with Crippen LogP contribution >= 0.6 is 0 Å². The van der Waals surface area contributed by atoms with Gasteiger partial charge in [-0.3, -0.25) is 14.6 Å². The van der Waals surface area contributed by atoms with Crippen LogP contribution in [0.3, 0.4) is 0 Å². The molecule has 1 aliphatic rings. The lowest BCUT2D eigenvalue weighted by atomic mass is 9.81. The SMILES string of the molecule is COC(=O)NCC(C)(C)CC(=O)NCC(O)CC(NC(=O)C(N1CCN(Cc2cccc(C)n2)C1=O)C(C)(C)C)C(Cc1ccccc1)c1ccccc1. The van der Waals surface area contributed by atoms with Crippen molar-refractivity contribution in [3.05, 3.63) is 101 Å². The second kappa shape index (κ2) is 18.9. The van der Waals surface area contributed by atoms with Gasteiger partial charge >= 0.3 is 12.1 Å². The van der Waals surface area contributed by atoms with Crippen molar-refractivity contribution in [1.29, 1.82) is 0 Å². The number of urea groups is 1. The summed E-state index contributed by atoms with van der Waals surface area (Å²) in [5.41, 5.74) is 2.54. The maximum atomic E-state index is 14.6. The van der Waals surface area contributed by atoms with E-state index in [1.54, 1.807) is 9.80 Å². The molecular formula is C42H58N6O6. The first-order valence-corrected chi connectivity index (χ1v) is 18.7. The number of benzene rings is 2. The predicted octanol–water partition coefficient (Wildman–Crippen LogP) is 5.19. The third-order valence-electron chi connectivity index (χ3n) is 9.74. The van der Waals surface area contributed by atoms with Crippen molar-refractivity contribution in [1.82, 2.24) is 30.7 Å². The van der Waals surface area contributed by atoms with E-state index in [-0.39, 0.29) is 49.7 Å². The minimum atomic E-state index is -1.00. The highest BCUT2D eigenvalue weighted by atomic mass is 16.5. The number of rotatable bonds is 17. The third-order valence-corrected chi connectivity index (χ3v) is 9.74. The van der Waals surface area contributed by atoms with Crippen molar-refractivity contribution in [2.75, 3.05) is 33.3 Å². The maximum Gasteiger partial charge on any atom is 0.406 e. The van der Waals surface area contributed by atoms with Crippen LogP contribution in [0.5, 0.6) is 0 Å². The van der Waals surface area contributed by atoms with Gasteiger partial charge in [-0.25, -0.2) is 9.59 Å². The summed E-state index contributed by atoms with van der Waals surface area (Å²) in [6.45, 7) is 12.9. The largest absolute Gasteiger partial charge is 0.453 e. The lowest BCUT2D eigenvalue weighted by Gasteiger charge is -2.39. The van der Waals surface area contributed by atoms with Gasteiger partial charge < -0.3 is 35.6 Å². The third kappa shape index (κ3) is 12.3. The molecule has 4 rings (SSSR count). The van der Waals surface area contributed by atoms with Gasteiger partial charge in [0.2, 0.25) is 11.8 Å². The Morgan fingerprint density at radius 3 is 2.20 bits per heavy atom. The molecule has 1 aliphatic heterocycles. The number of pyridine rings is 1. The Kier molecular flexibility index (Phi) is 14.6. The van der Waals surface area contributed by atoms with E-state index in [4.69, 9.17) is 0 Å². The monoisotopic (exact) mass is 742 g/mol. The van der Waals surface area contributed by atoms with Gasteiger partial charge in [-0.1, -0.05) is 101 Å². The molecular weight excluding hydrogens is 684 g/mol. The highest BCUT2D eigenvalue weighted by molar-refractivity contribution is 5.89. The summed E-state index contributed by atoms with van der Waals surface area (Å²) in [7, 11) is 1.28. The highest BCUT2D eigenvalue weighted by Gasteiger charge is 2.44. The topological polar surface area (TPSA) is 153 Å². The Morgan fingerprint density at radius 1 is 0.907 bits per heavy atom. The molecule has 4 N–H and O–H groups in total. The van der Waals surface area contributed by atoms with Crippen molar-refractivity contribution in [2.45, 2.75) is 91.5 Å². The Hall–Kier alpha value is -4.97. The van der Waals surface area contributed by atoms with Crippen LogP contribution in [0.2, 0.25) is 0 Å². The quantitative estimate of drug-likeness (QED) is 0.149. The van der Waals surface area contributed by atoms with Gasteiger partial charge in [0.15, 0.2) is 0 Å². The Bertz CT molecular complexity index is 1700. The standard InChI is InChI=1S/C42H58N6O6/c1-29-15-14-20-32(45-29)27-47-21-22-48(40(47)53)37(41(2,3)4)38(51)46-35(34(31-18-12-9-13-19-31)23-30-16-10-8-11-17-30)24-33(49)26-43-36(50)25-42(5,6)28-44-39(52)54-7/h8-20,33-35,37,49H,21-28H2,1-7H3,(H,43,50)(H,44,52)(H,46,51). The van der Waals surface area contributed by atoms with Crippen molar-refractivity contribution >= 4 is 23.9 Å². The van der Waals surface area contributed by atoms with E-state index in [1.165, 1.54) is 7.11 Å². The molecule has 1 fully saturated rings. The van der Waals surface area contributed by atoms with Crippen LogP contribution < -0.4 is 16.0 Å². The van der Waals surface area contributed by atoms with E-state index in [9.17, 15) is 24.3 Å². The van der Waals surface area contributed by atoms with Crippen molar-refractivity contribution in [3.8, 4) is 0 Å². The molecule has 0 saturated carbocycles. The first-order chi connectivity index (χ1) is 25.6. The summed E-state index contributed by atoms with van der Waals surface area (Å²) in [4.78, 5) is 61.1. The second-order valence-corrected chi connectivity index (χ2v) is 16.1. The summed E-state index contributed by atoms with van der Waals surface area (Å²) < 4.78 is 4.64. The Labute approximate surface area is 320 Å². The highest BCUT2D eigenvalue weighted by Crippen LogP contribution is 2.31. The molecule has 12 heteroatoms. The van der Waals surface area contributed by atoms with Gasteiger partial charge in [0.1, 0.15) is 6.04 Å². The van der Waals surface area contributed by atoms with Crippen LogP contribution in [0.25, 0.3) is 0 Å². The molecule has 3 aromatic rings. The fourth-order valence-corrected chi connectivity index (χ4v) is 7.07. The zero-order valence-corrected chi connectivity index (χ0v) is 32.8. The number of carbonyl (C=O) groups is 4. The summed E-state index contributed by atoms with van der Waals surface area (Å²) in [5, 5.41) is 20.3. The molecule has 4 unspecified atom stereocenters. The molecule has 2 heterocycles. The lowest BCUT2D eigenvalue weighted by Crippen LogP contribution is -2.57. The van der Waals surface area contributed by atoms with Crippen LogP contribution in [0, 0.1) is 17.8 Å². The number of aliphatic hydroxyl groups is 1. The number of alkyl carbamates (subject to hydrolysis) is 1. The number of methoxy groups -OCH3 is 1. The van der Waals surface area contributed by atoms with Crippen LogP contribution in [-0.2, 0) is 27.3 Å². The number of carbonyl (C=O) groups excluding carboxylic acids is 4. The molecule has 12 nitrogen and oxygen atoms in total. The number of ether oxygens (including phenoxy) is 1. The number of amides is 5. The molecule has 0 aliphatic carbocycles. The fourth-order valence-electron chi connectivity index (χ4n) is 7.07. The first-order valence-electron chi connectivity index (χ1n) is 18.7. The zero-order chi connectivity index (χ0) is 39.5. The molecule has 0 spiro atoms. The zero-order valence-electron chi connectivity index (χ0n) is 32.8. The average Bonchev–Trinajstić information content (AvgIpc) is 3.46. The van der Waals surface area contributed by atoms with Crippen molar-refractivity contribution in [3.63, 3.8) is 0 Å². The van der Waals surface area contributed by atoms with E-state index < -0.39 is 35.1 Å². The van der Waals surface area contributed by atoms with E-state index in [0.29, 0.717) is 26.1 Å². The number of aromatic nitrogens is 1. The van der Waals surface area contributed by atoms with Gasteiger partial charge in [-0.2, -0.15) is 0 Å². The molecule has 54 heavy (non-hydrogen) atoms. The summed E-state index contributed by atoms with van der Waals surface area (Å²) >= 11 is 0. The minimum absolute atomic E-state index is 0.0339. The van der Waals surface area contributed by atoms with Crippen LogP contribution in [0.15, 0.2) is 78.9 Å². The normalized spacial score (nSPS) is 15.6. The number of hydrogen-bond acceptors (Lipinski definition) is 7. The van der Waals surface area contributed by atoms with Gasteiger partial charge in [0.25, 0.3) is 0 Å².